The van der Waals surface area contributed by atoms with Gasteiger partial charge in [0.05, 0.1) is 19.1 Å². The van der Waals surface area contributed by atoms with Gasteiger partial charge in [0.1, 0.15) is 5.75 Å². The van der Waals surface area contributed by atoms with Gasteiger partial charge in [0, 0.05) is 0 Å². The number of amides is 1. The first-order valence-electron chi connectivity index (χ1n) is 8.62. The van der Waals surface area contributed by atoms with Crippen molar-refractivity contribution in [1.29, 1.82) is 0 Å². The normalized spacial score (nSPS) is 14.9. The summed E-state index contributed by atoms with van der Waals surface area (Å²) in [6.07, 6.45) is 2.38. The maximum Gasteiger partial charge on any atom is 0.225 e. The van der Waals surface area contributed by atoms with Gasteiger partial charge in [-0.05, 0) is 46.9 Å². The lowest BCUT2D eigenvalue weighted by atomic mass is 9.96. The van der Waals surface area contributed by atoms with Crippen LogP contribution in [0.25, 0.3) is 10.8 Å². The molecule has 0 spiro atoms. The number of fused-ring (bicyclic) bond motifs is 1. The quantitative estimate of drug-likeness (QED) is 0.761. The molecule has 3 aromatic carbocycles. The summed E-state index contributed by atoms with van der Waals surface area (Å²) in [5.74, 6) is 0.870. The average molecular weight is 331 g/mol. The van der Waals surface area contributed by atoms with E-state index < -0.39 is 0 Å². The minimum atomic E-state index is -0.204. The molecule has 1 amide bonds. The third-order valence-electron chi connectivity index (χ3n) is 4.96. The summed E-state index contributed by atoms with van der Waals surface area (Å²) in [4.78, 5) is 12.6. The molecule has 3 aromatic rings. The Morgan fingerprint density at radius 1 is 1.00 bits per heavy atom. The number of ether oxygens (including phenoxy) is 1. The van der Waals surface area contributed by atoms with Crippen molar-refractivity contribution in [1.82, 2.24) is 5.32 Å². The van der Waals surface area contributed by atoms with Crippen molar-refractivity contribution in [3.63, 3.8) is 0 Å². The van der Waals surface area contributed by atoms with Crippen LogP contribution in [0.5, 0.6) is 5.75 Å². The minimum Gasteiger partial charge on any atom is -0.497 e. The third kappa shape index (κ3) is 3.10. The smallest absolute Gasteiger partial charge is 0.225 e. The molecule has 1 aliphatic rings. The van der Waals surface area contributed by atoms with Gasteiger partial charge in [0.2, 0.25) is 5.91 Å². The average Bonchev–Trinajstić information content (AvgIpc) is 3.42. The molecule has 126 valence electrons. The van der Waals surface area contributed by atoms with Crippen LogP contribution in [0.15, 0.2) is 66.7 Å². The fraction of sp³-hybridized carbons (Fsp3) is 0.227. The van der Waals surface area contributed by atoms with Gasteiger partial charge in [-0.2, -0.15) is 0 Å². The van der Waals surface area contributed by atoms with E-state index in [1.807, 2.05) is 30.3 Å². The number of hydrogen-bond donors (Lipinski definition) is 1. The Kier molecular flexibility index (Phi) is 3.92. The third-order valence-corrected chi connectivity index (χ3v) is 4.96. The number of rotatable bonds is 5. The molecule has 4 rings (SSSR count). The van der Waals surface area contributed by atoms with Crippen LogP contribution < -0.4 is 10.1 Å². The van der Waals surface area contributed by atoms with Crippen molar-refractivity contribution < 1.29 is 9.53 Å². The van der Waals surface area contributed by atoms with Crippen molar-refractivity contribution in [3.05, 3.63) is 77.9 Å². The molecule has 0 atom stereocenters. The highest BCUT2D eigenvalue weighted by atomic mass is 16.5. The molecule has 1 fully saturated rings. The Hall–Kier alpha value is -2.81. The number of benzene rings is 3. The van der Waals surface area contributed by atoms with Crippen molar-refractivity contribution >= 4 is 16.7 Å². The Labute approximate surface area is 147 Å². The predicted molar refractivity (Wildman–Crippen MR) is 99.7 cm³/mol. The van der Waals surface area contributed by atoms with Crippen LogP contribution in [-0.2, 0) is 16.8 Å². The standard InChI is InChI=1S/C22H21NO2/c1-25-18-11-9-16(10-12-18)15-21(24)23-22(13-14-22)20-8-4-6-17-5-2-3-7-19(17)20/h2-12H,13-15H2,1H3,(H,23,24). The van der Waals surface area contributed by atoms with Crippen LogP contribution in [0.1, 0.15) is 24.0 Å². The van der Waals surface area contributed by atoms with E-state index in [0.29, 0.717) is 6.42 Å². The molecule has 25 heavy (non-hydrogen) atoms. The van der Waals surface area contributed by atoms with Crippen LogP contribution in [0.4, 0.5) is 0 Å². The van der Waals surface area contributed by atoms with Gasteiger partial charge >= 0.3 is 0 Å². The number of nitrogens with one attached hydrogen (secondary N) is 1. The zero-order chi connectivity index (χ0) is 17.3. The molecule has 0 unspecified atom stereocenters. The topological polar surface area (TPSA) is 38.3 Å². The Morgan fingerprint density at radius 3 is 2.44 bits per heavy atom. The minimum absolute atomic E-state index is 0.0654. The number of carbonyl (C=O) groups excluding carboxylic acids is 1. The van der Waals surface area contributed by atoms with Crippen LogP contribution in [0.3, 0.4) is 0 Å². The molecule has 0 heterocycles. The molecule has 0 saturated heterocycles. The summed E-state index contributed by atoms with van der Waals surface area (Å²) in [7, 11) is 1.64. The lowest BCUT2D eigenvalue weighted by Crippen LogP contribution is -2.36. The van der Waals surface area contributed by atoms with E-state index in [0.717, 1.165) is 24.2 Å². The molecule has 1 N–H and O–H groups in total. The van der Waals surface area contributed by atoms with Crippen LogP contribution >= 0.6 is 0 Å². The number of carbonyl (C=O) groups is 1. The summed E-state index contributed by atoms with van der Waals surface area (Å²) in [6.45, 7) is 0. The van der Waals surface area contributed by atoms with Gasteiger partial charge in [-0.3, -0.25) is 4.79 Å². The molecule has 1 saturated carbocycles. The SMILES string of the molecule is COc1ccc(CC(=O)NC2(c3cccc4ccccc34)CC2)cc1. The highest BCUT2D eigenvalue weighted by Gasteiger charge is 2.46. The molecule has 0 aromatic heterocycles. The summed E-state index contributed by atoms with van der Waals surface area (Å²) >= 11 is 0. The van der Waals surface area contributed by atoms with Gasteiger partial charge in [-0.25, -0.2) is 0 Å². The Balaban J connectivity index is 1.54. The number of hydrogen-bond acceptors (Lipinski definition) is 2. The molecule has 0 aliphatic heterocycles. The van der Waals surface area contributed by atoms with Gasteiger partial charge < -0.3 is 10.1 Å². The lowest BCUT2D eigenvalue weighted by molar-refractivity contribution is -0.121. The van der Waals surface area contributed by atoms with Crippen molar-refractivity contribution in [2.45, 2.75) is 24.8 Å². The Bertz CT molecular complexity index is 905. The maximum atomic E-state index is 12.6. The molecular formula is C22H21NO2. The molecule has 3 heteroatoms. The molecule has 1 aliphatic carbocycles. The van der Waals surface area contributed by atoms with E-state index in [1.54, 1.807) is 7.11 Å². The molecule has 3 nitrogen and oxygen atoms in total. The van der Waals surface area contributed by atoms with Crippen molar-refractivity contribution in [3.8, 4) is 5.75 Å². The van der Waals surface area contributed by atoms with Gasteiger partial charge in [-0.1, -0.05) is 54.6 Å². The first kappa shape index (κ1) is 15.7. The highest BCUT2D eigenvalue weighted by molar-refractivity contribution is 5.88. The fourth-order valence-electron chi connectivity index (χ4n) is 3.47. The van der Waals surface area contributed by atoms with Crippen LogP contribution in [-0.4, -0.2) is 13.0 Å². The van der Waals surface area contributed by atoms with E-state index in [-0.39, 0.29) is 11.4 Å². The van der Waals surface area contributed by atoms with E-state index in [9.17, 15) is 4.79 Å². The van der Waals surface area contributed by atoms with Gasteiger partial charge in [0.15, 0.2) is 0 Å². The van der Waals surface area contributed by atoms with Crippen LogP contribution in [0.2, 0.25) is 0 Å². The number of methoxy groups -OCH3 is 1. The fourth-order valence-corrected chi connectivity index (χ4v) is 3.47. The van der Waals surface area contributed by atoms with Crippen LogP contribution in [0, 0.1) is 0 Å². The second kappa shape index (κ2) is 6.25. The van der Waals surface area contributed by atoms with Crippen molar-refractivity contribution in [2.24, 2.45) is 0 Å². The zero-order valence-corrected chi connectivity index (χ0v) is 14.3. The second-order valence-corrected chi connectivity index (χ2v) is 6.68. The summed E-state index contributed by atoms with van der Waals surface area (Å²) in [5.41, 5.74) is 2.02. The van der Waals surface area contributed by atoms with Gasteiger partial charge in [-0.15, -0.1) is 0 Å². The van der Waals surface area contributed by atoms with E-state index >= 15 is 0 Å². The predicted octanol–water partition coefficient (Wildman–Crippen LogP) is 4.20. The lowest BCUT2D eigenvalue weighted by Gasteiger charge is -2.20. The van der Waals surface area contributed by atoms with E-state index in [4.69, 9.17) is 4.74 Å². The monoisotopic (exact) mass is 331 g/mol. The first-order chi connectivity index (χ1) is 12.2. The maximum absolute atomic E-state index is 12.6. The largest absolute Gasteiger partial charge is 0.497 e. The second-order valence-electron chi connectivity index (χ2n) is 6.68. The summed E-state index contributed by atoms with van der Waals surface area (Å²) in [6, 6.07) is 22.4. The van der Waals surface area contributed by atoms with Crippen molar-refractivity contribution in [2.75, 3.05) is 7.11 Å². The molecule has 0 bridgehead atoms. The Morgan fingerprint density at radius 2 is 1.72 bits per heavy atom. The van der Waals surface area contributed by atoms with E-state index in [1.165, 1.54) is 16.3 Å². The van der Waals surface area contributed by atoms with E-state index in [2.05, 4.69) is 41.7 Å². The first-order valence-corrected chi connectivity index (χ1v) is 8.62. The molecule has 0 radical (unpaired) electrons. The highest BCUT2D eigenvalue weighted by Crippen LogP contribution is 2.47. The van der Waals surface area contributed by atoms with Gasteiger partial charge in [0.25, 0.3) is 0 Å². The zero-order valence-electron chi connectivity index (χ0n) is 14.3. The summed E-state index contributed by atoms with van der Waals surface area (Å²) in [5, 5.41) is 5.73. The molecular weight excluding hydrogens is 310 g/mol. The summed E-state index contributed by atoms with van der Waals surface area (Å²) < 4.78 is 5.16.